The van der Waals surface area contributed by atoms with Gasteiger partial charge in [0.1, 0.15) is 11.6 Å². The van der Waals surface area contributed by atoms with E-state index in [0.717, 1.165) is 16.9 Å². The number of amides is 1. The number of hydrogen-bond donors (Lipinski definition) is 2. The molecule has 2 N–H and O–H groups in total. The maximum absolute atomic E-state index is 13.1. The van der Waals surface area contributed by atoms with E-state index < -0.39 is 10.0 Å². The first-order valence-corrected chi connectivity index (χ1v) is 13.2. The lowest BCUT2D eigenvalue weighted by atomic mass is 9.95. The van der Waals surface area contributed by atoms with Crippen LogP contribution in [0.5, 0.6) is 5.75 Å². The molecule has 0 radical (unpaired) electrons. The van der Waals surface area contributed by atoms with E-state index >= 15 is 0 Å². The molecule has 1 aromatic heterocycles. The van der Waals surface area contributed by atoms with E-state index in [1.165, 1.54) is 4.31 Å². The van der Waals surface area contributed by atoms with Gasteiger partial charge in [0.15, 0.2) is 0 Å². The van der Waals surface area contributed by atoms with Crippen LogP contribution in [-0.4, -0.2) is 48.3 Å². The van der Waals surface area contributed by atoms with Crippen LogP contribution in [0.1, 0.15) is 45.5 Å². The molecule has 1 unspecified atom stereocenters. The van der Waals surface area contributed by atoms with Gasteiger partial charge in [0.25, 0.3) is 0 Å². The van der Waals surface area contributed by atoms with Crippen molar-refractivity contribution in [3.8, 4) is 5.75 Å². The van der Waals surface area contributed by atoms with Crippen LogP contribution in [0, 0.1) is 11.8 Å². The number of aromatic nitrogens is 2. The monoisotopic (exact) mass is 484 g/mol. The Morgan fingerprint density at radius 1 is 1.15 bits per heavy atom. The van der Waals surface area contributed by atoms with Gasteiger partial charge in [-0.1, -0.05) is 26.0 Å². The highest BCUT2D eigenvalue weighted by Crippen LogP contribution is 2.27. The fourth-order valence-electron chi connectivity index (χ4n) is 4.32. The van der Waals surface area contributed by atoms with Crippen LogP contribution in [0.15, 0.2) is 53.4 Å². The van der Waals surface area contributed by atoms with Gasteiger partial charge in [-0.15, -0.1) is 0 Å². The van der Waals surface area contributed by atoms with Crippen LogP contribution in [0.25, 0.3) is 11.0 Å². The summed E-state index contributed by atoms with van der Waals surface area (Å²) in [6.45, 7) is 7.12. The van der Waals surface area contributed by atoms with Gasteiger partial charge < -0.3 is 15.0 Å². The lowest BCUT2D eigenvalue weighted by Gasteiger charge is -2.31. The van der Waals surface area contributed by atoms with Crippen molar-refractivity contribution in [3.63, 3.8) is 0 Å². The third-order valence-corrected chi connectivity index (χ3v) is 8.18. The number of ether oxygens (including phenoxy) is 1. The Hall–Kier alpha value is -2.91. The fourth-order valence-corrected chi connectivity index (χ4v) is 5.79. The molecule has 9 heteroatoms. The molecule has 0 spiro atoms. The minimum absolute atomic E-state index is 0.0581. The van der Waals surface area contributed by atoms with Crippen molar-refractivity contribution < 1.29 is 17.9 Å². The molecule has 1 aliphatic rings. The third kappa shape index (κ3) is 5.10. The molecule has 182 valence electrons. The van der Waals surface area contributed by atoms with E-state index in [0.29, 0.717) is 38.3 Å². The van der Waals surface area contributed by atoms with Crippen LogP contribution in [-0.2, 0) is 14.8 Å². The molecule has 34 heavy (non-hydrogen) atoms. The van der Waals surface area contributed by atoms with E-state index in [2.05, 4.69) is 15.3 Å². The van der Waals surface area contributed by atoms with Crippen LogP contribution >= 0.6 is 0 Å². The summed E-state index contributed by atoms with van der Waals surface area (Å²) in [6.07, 6.45) is 0.958. The van der Waals surface area contributed by atoms with Gasteiger partial charge >= 0.3 is 0 Å². The van der Waals surface area contributed by atoms with E-state index in [9.17, 15) is 13.2 Å². The number of carbonyl (C=O) groups excluding carboxylic acids is 1. The molecule has 2 aromatic carbocycles. The average molecular weight is 485 g/mol. The zero-order valence-corrected chi connectivity index (χ0v) is 20.6. The molecule has 1 amide bonds. The maximum atomic E-state index is 13.1. The van der Waals surface area contributed by atoms with E-state index in [1.54, 1.807) is 24.3 Å². The summed E-state index contributed by atoms with van der Waals surface area (Å²) < 4.78 is 32.9. The number of para-hydroxylation sites is 2. The molecule has 1 saturated heterocycles. The minimum atomic E-state index is -3.61. The molecule has 8 nitrogen and oxygen atoms in total. The summed E-state index contributed by atoms with van der Waals surface area (Å²) in [4.78, 5) is 21.3. The van der Waals surface area contributed by atoms with Crippen molar-refractivity contribution in [1.29, 1.82) is 0 Å². The van der Waals surface area contributed by atoms with Crippen LogP contribution < -0.4 is 10.1 Å². The predicted octanol–water partition coefficient (Wildman–Crippen LogP) is 3.88. The molecule has 0 bridgehead atoms. The number of hydrogen-bond acceptors (Lipinski definition) is 5. The number of aromatic amines is 1. The highest BCUT2D eigenvalue weighted by molar-refractivity contribution is 7.89. The zero-order valence-electron chi connectivity index (χ0n) is 19.8. The standard InChI is InChI=1S/C25H32N4O4S/c1-4-33-19-9-11-20(12-10-19)34(31,32)29-15-13-18(14-16-29)25(30)28-23(17(2)3)24-26-21-7-5-6-8-22(21)27-24/h5-12,17-18,23H,4,13-16H2,1-3H3,(H,26,27)(H,28,30). The molecule has 0 saturated carbocycles. The Labute approximate surface area is 200 Å². The molecule has 4 rings (SSSR count). The maximum Gasteiger partial charge on any atom is 0.243 e. The van der Waals surface area contributed by atoms with E-state index in [-0.39, 0.29) is 28.7 Å². The average Bonchev–Trinajstić information content (AvgIpc) is 3.26. The summed E-state index contributed by atoms with van der Waals surface area (Å²) in [5, 5.41) is 3.15. The smallest absolute Gasteiger partial charge is 0.243 e. The molecule has 1 aliphatic heterocycles. The molecular formula is C25H32N4O4S. The first-order chi connectivity index (χ1) is 16.3. The quantitative estimate of drug-likeness (QED) is 0.505. The van der Waals surface area contributed by atoms with Crippen molar-refractivity contribution in [2.24, 2.45) is 11.8 Å². The third-order valence-electron chi connectivity index (χ3n) is 6.26. The number of benzene rings is 2. The second kappa shape index (κ2) is 10.1. The summed E-state index contributed by atoms with van der Waals surface area (Å²) in [5.74, 6) is 1.22. The second-order valence-corrected chi connectivity index (χ2v) is 10.9. The Balaban J connectivity index is 1.39. The first-order valence-electron chi connectivity index (χ1n) is 11.8. The van der Waals surface area contributed by atoms with Gasteiger partial charge in [0.05, 0.1) is 28.6 Å². The first kappa shape index (κ1) is 24.2. The molecule has 2 heterocycles. The van der Waals surface area contributed by atoms with Gasteiger partial charge in [0, 0.05) is 19.0 Å². The van der Waals surface area contributed by atoms with Gasteiger partial charge in [-0.05, 0) is 62.1 Å². The zero-order chi connectivity index (χ0) is 24.3. The Morgan fingerprint density at radius 3 is 2.44 bits per heavy atom. The van der Waals surface area contributed by atoms with Crippen molar-refractivity contribution in [3.05, 3.63) is 54.4 Å². The van der Waals surface area contributed by atoms with Gasteiger partial charge in [-0.3, -0.25) is 4.79 Å². The Kier molecular flexibility index (Phi) is 7.23. The van der Waals surface area contributed by atoms with Gasteiger partial charge in [-0.25, -0.2) is 13.4 Å². The largest absolute Gasteiger partial charge is 0.494 e. The number of H-pyrrole nitrogens is 1. The number of rotatable bonds is 8. The molecule has 3 aromatic rings. The fraction of sp³-hybridized carbons (Fsp3) is 0.440. The van der Waals surface area contributed by atoms with Gasteiger partial charge in [0.2, 0.25) is 15.9 Å². The number of sulfonamides is 1. The van der Waals surface area contributed by atoms with Crippen molar-refractivity contribution in [2.75, 3.05) is 19.7 Å². The Bertz CT molecular complexity index is 1200. The summed E-state index contributed by atoms with van der Waals surface area (Å²) in [5.41, 5.74) is 1.80. The Morgan fingerprint density at radius 2 is 1.82 bits per heavy atom. The summed E-state index contributed by atoms with van der Waals surface area (Å²) in [7, 11) is -3.61. The number of piperidine rings is 1. The normalized spacial score (nSPS) is 16.6. The minimum Gasteiger partial charge on any atom is -0.494 e. The number of nitrogens with one attached hydrogen (secondary N) is 2. The number of fused-ring (bicyclic) bond motifs is 1. The summed E-state index contributed by atoms with van der Waals surface area (Å²) >= 11 is 0. The van der Waals surface area contributed by atoms with Crippen LogP contribution in [0.4, 0.5) is 0 Å². The SMILES string of the molecule is CCOc1ccc(S(=O)(=O)N2CCC(C(=O)NC(c3nc4ccccc4[nH]3)C(C)C)CC2)cc1. The lowest BCUT2D eigenvalue weighted by molar-refractivity contribution is -0.127. The highest BCUT2D eigenvalue weighted by atomic mass is 32.2. The molecule has 1 fully saturated rings. The van der Waals surface area contributed by atoms with Gasteiger partial charge in [-0.2, -0.15) is 4.31 Å². The predicted molar refractivity (Wildman–Crippen MR) is 131 cm³/mol. The van der Waals surface area contributed by atoms with Crippen LogP contribution in [0.3, 0.4) is 0 Å². The summed E-state index contributed by atoms with van der Waals surface area (Å²) in [6, 6.07) is 14.0. The van der Waals surface area contributed by atoms with Crippen molar-refractivity contribution in [1.82, 2.24) is 19.6 Å². The van der Waals surface area contributed by atoms with Crippen molar-refractivity contribution in [2.45, 2.75) is 44.6 Å². The molecule has 1 atom stereocenters. The number of nitrogens with zero attached hydrogens (tertiary/aromatic N) is 2. The van der Waals surface area contributed by atoms with E-state index in [1.807, 2.05) is 45.0 Å². The molecular weight excluding hydrogens is 452 g/mol. The number of imidazole rings is 1. The van der Waals surface area contributed by atoms with E-state index in [4.69, 9.17) is 4.74 Å². The second-order valence-electron chi connectivity index (χ2n) is 8.95. The molecule has 0 aliphatic carbocycles. The van der Waals surface area contributed by atoms with Crippen LogP contribution in [0.2, 0.25) is 0 Å². The van der Waals surface area contributed by atoms with Crippen molar-refractivity contribution >= 4 is 27.0 Å². The highest BCUT2D eigenvalue weighted by Gasteiger charge is 2.33. The topological polar surface area (TPSA) is 104 Å². The lowest BCUT2D eigenvalue weighted by Crippen LogP contribution is -2.44. The number of carbonyl (C=O) groups is 1.